The number of Topliss-reactive ketones (excluding diaryl/α,β-unsaturated/α-hetero) is 1. The Morgan fingerprint density at radius 3 is 2.75 bits per heavy atom. The predicted molar refractivity (Wildman–Crippen MR) is 60.5 cm³/mol. The fourth-order valence-corrected chi connectivity index (χ4v) is 2.45. The molecule has 2 rings (SSSR count). The minimum absolute atomic E-state index is 0.00885. The van der Waals surface area contributed by atoms with E-state index in [-0.39, 0.29) is 17.8 Å². The van der Waals surface area contributed by atoms with Gasteiger partial charge in [0.2, 0.25) is 0 Å². The van der Waals surface area contributed by atoms with Crippen molar-refractivity contribution in [2.24, 2.45) is 5.41 Å². The third kappa shape index (κ3) is 1.78. The topological polar surface area (TPSA) is 55.1 Å². The molecule has 0 fully saturated rings. The number of rotatable bonds is 2. The van der Waals surface area contributed by atoms with Gasteiger partial charge >= 0.3 is 0 Å². The van der Waals surface area contributed by atoms with Crippen molar-refractivity contribution in [3.63, 3.8) is 0 Å². The highest BCUT2D eigenvalue weighted by Crippen LogP contribution is 2.35. The van der Waals surface area contributed by atoms with E-state index in [1.165, 1.54) is 0 Å². The molecule has 4 nitrogen and oxygen atoms in total. The summed E-state index contributed by atoms with van der Waals surface area (Å²) in [5.74, 6) is 0.188. The Bertz CT molecular complexity index is 432. The zero-order valence-corrected chi connectivity index (χ0v) is 10.1. The molecule has 1 aliphatic rings. The molecule has 0 aromatic carbocycles. The highest BCUT2D eigenvalue weighted by Gasteiger charge is 2.34. The van der Waals surface area contributed by atoms with E-state index in [9.17, 15) is 4.79 Å². The smallest absolute Gasteiger partial charge is 0.167 e. The lowest BCUT2D eigenvalue weighted by molar-refractivity contribution is 0.0911. The molecule has 88 valence electrons. The van der Waals surface area contributed by atoms with E-state index in [0.717, 1.165) is 23.4 Å². The normalized spacial score (nSPS) is 18.6. The zero-order valence-electron chi connectivity index (χ0n) is 10.1. The van der Waals surface area contributed by atoms with Crippen LogP contribution in [0, 0.1) is 12.3 Å². The van der Waals surface area contributed by atoms with Gasteiger partial charge in [0.15, 0.2) is 5.78 Å². The van der Waals surface area contributed by atoms with E-state index < -0.39 is 0 Å². The van der Waals surface area contributed by atoms with Crippen LogP contribution in [0.1, 0.15) is 42.0 Å². The van der Waals surface area contributed by atoms with Crippen LogP contribution in [-0.4, -0.2) is 27.3 Å². The molecule has 0 unspecified atom stereocenters. The zero-order chi connectivity index (χ0) is 11.9. The minimum atomic E-state index is 0.00885. The van der Waals surface area contributed by atoms with E-state index in [2.05, 4.69) is 18.9 Å². The van der Waals surface area contributed by atoms with Crippen LogP contribution in [0.5, 0.6) is 0 Å². The number of nitrogens with zero attached hydrogens (tertiary/aromatic N) is 2. The van der Waals surface area contributed by atoms with Crippen molar-refractivity contribution in [2.75, 3.05) is 6.61 Å². The lowest BCUT2D eigenvalue weighted by Gasteiger charge is -2.27. The van der Waals surface area contributed by atoms with Crippen molar-refractivity contribution in [1.29, 1.82) is 0 Å². The van der Waals surface area contributed by atoms with Crippen molar-refractivity contribution < 1.29 is 9.90 Å². The second-order valence-corrected chi connectivity index (χ2v) is 5.29. The maximum atomic E-state index is 12.0. The molecule has 1 N–H and O–H groups in total. The van der Waals surface area contributed by atoms with E-state index in [0.29, 0.717) is 13.0 Å². The molecule has 0 saturated carbocycles. The average Bonchev–Trinajstić information content (AvgIpc) is 2.41. The Morgan fingerprint density at radius 1 is 1.44 bits per heavy atom. The number of carbonyl (C=O) groups is 1. The van der Waals surface area contributed by atoms with Gasteiger partial charge in [-0.3, -0.25) is 9.48 Å². The van der Waals surface area contributed by atoms with Crippen molar-refractivity contribution >= 4 is 5.78 Å². The largest absolute Gasteiger partial charge is 0.394 e. The first kappa shape index (κ1) is 11.3. The fourth-order valence-electron chi connectivity index (χ4n) is 2.45. The average molecular weight is 222 g/mol. The number of hydrogen-bond acceptors (Lipinski definition) is 3. The maximum Gasteiger partial charge on any atom is 0.167 e. The van der Waals surface area contributed by atoms with E-state index in [1.807, 2.05) is 6.92 Å². The molecular weight excluding hydrogens is 204 g/mol. The predicted octanol–water partition coefficient (Wildman–Crippen LogP) is 1.34. The lowest BCUT2D eigenvalue weighted by atomic mass is 9.76. The Labute approximate surface area is 95.3 Å². The van der Waals surface area contributed by atoms with Crippen LogP contribution < -0.4 is 0 Å². The van der Waals surface area contributed by atoms with E-state index >= 15 is 0 Å². The van der Waals surface area contributed by atoms with Crippen molar-refractivity contribution in [3.05, 3.63) is 17.0 Å². The van der Waals surface area contributed by atoms with Crippen LogP contribution in [0.15, 0.2) is 0 Å². The molecule has 0 bridgehead atoms. The van der Waals surface area contributed by atoms with Gasteiger partial charge < -0.3 is 5.11 Å². The molecule has 1 heterocycles. The van der Waals surface area contributed by atoms with Crippen molar-refractivity contribution in [2.45, 2.75) is 40.2 Å². The van der Waals surface area contributed by atoms with Gasteiger partial charge in [-0.05, 0) is 18.8 Å². The molecule has 0 saturated heterocycles. The summed E-state index contributed by atoms with van der Waals surface area (Å²) >= 11 is 0. The van der Waals surface area contributed by atoms with Crippen LogP contribution in [-0.2, 0) is 13.0 Å². The third-order valence-corrected chi connectivity index (χ3v) is 3.15. The number of aromatic nitrogens is 2. The molecule has 0 spiro atoms. The highest BCUT2D eigenvalue weighted by atomic mass is 16.3. The van der Waals surface area contributed by atoms with Crippen LogP contribution in [0.25, 0.3) is 0 Å². The van der Waals surface area contributed by atoms with Crippen LogP contribution in [0.2, 0.25) is 0 Å². The number of carbonyl (C=O) groups excluding carboxylic acids is 1. The van der Waals surface area contributed by atoms with Gasteiger partial charge in [0.25, 0.3) is 0 Å². The molecular formula is C12H18N2O2. The summed E-state index contributed by atoms with van der Waals surface area (Å²) in [6.45, 7) is 6.60. The SMILES string of the molecule is Cc1c2c(nn1CCO)CC(C)(C)CC2=O. The Kier molecular flexibility index (Phi) is 2.62. The van der Waals surface area contributed by atoms with Crippen molar-refractivity contribution in [1.82, 2.24) is 9.78 Å². The lowest BCUT2D eigenvalue weighted by Crippen LogP contribution is -2.26. The number of hydrogen-bond donors (Lipinski definition) is 1. The van der Waals surface area contributed by atoms with Gasteiger partial charge in [0, 0.05) is 12.1 Å². The van der Waals surface area contributed by atoms with Crippen LogP contribution >= 0.6 is 0 Å². The molecule has 4 heteroatoms. The molecule has 1 aromatic heterocycles. The highest BCUT2D eigenvalue weighted by molar-refractivity contribution is 5.99. The van der Waals surface area contributed by atoms with Gasteiger partial charge in [-0.15, -0.1) is 0 Å². The number of aliphatic hydroxyl groups is 1. The Hall–Kier alpha value is -1.16. The molecule has 0 radical (unpaired) electrons. The number of ketones is 1. The van der Waals surface area contributed by atoms with Crippen LogP contribution in [0.4, 0.5) is 0 Å². The molecule has 0 amide bonds. The summed E-state index contributed by atoms with van der Waals surface area (Å²) in [4.78, 5) is 12.0. The van der Waals surface area contributed by atoms with Crippen LogP contribution in [0.3, 0.4) is 0 Å². The van der Waals surface area contributed by atoms with Crippen molar-refractivity contribution in [3.8, 4) is 0 Å². The third-order valence-electron chi connectivity index (χ3n) is 3.15. The van der Waals surface area contributed by atoms with E-state index in [4.69, 9.17) is 5.11 Å². The number of aliphatic hydroxyl groups excluding tert-OH is 1. The first-order chi connectivity index (χ1) is 7.44. The summed E-state index contributed by atoms with van der Waals surface area (Å²) in [6, 6.07) is 0. The fraction of sp³-hybridized carbons (Fsp3) is 0.667. The first-order valence-corrected chi connectivity index (χ1v) is 5.65. The molecule has 1 aromatic rings. The van der Waals surface area contributed by atoms with Gasteiger partial charge in [-0.2, -0.15) is 5.10 Å². The Morgan fingerprint density at radius 2 is 2.12 bits per heavy atom. The van der Waals surface area contributed by atoms with Gasteiger partial charge in [0.05, 0.1) is 24.4 Å². The van der Waals surface area contributed by atoms with Gasteiger partial charge in [-0.25, -0.2) is 0 Å². The summed E-state index contributed by atoms with van der Waals surface area (Å²) < 4.78 is 1.74. The molecule has 0 atom stereocenters. The maximum absolute atomic E-state index is 12.0. The second-order valence-electron chi connectivity index (χ2n) is 5.29. The molecule has 16 heavy (non-hydrogen) atoms. The second kappa shape index (κ2) is 3.70. The molecule has 1 aliphatic carbocycles. The standard InChI is InChI=1S/C12H18N2O2/c1-8-11-9(13-14(8)4-5-15)6-12(2,3)7-10(11)16/h15H,4-7H2,1-3H3. The van der Waals surface area contributed by atoms with E-state index in [1.54, 1.807) is 4.68 Å². The van der Waals surface area contributed by atoms with Gasteiger partial charge in [0.1, 0.15) is 0 Å². The monoisotopic (exact) mass is 222 g/mol. The summed E-state index contributed by atoms with van der Waals surface area (Å²) in [6.07, 6.45) is 1.43. The summed E-state index contributed by atoms with van der Waals surface area (Å²) in [7, 11) is 0. The minimum Gasteiger partial charge on any atom is -0.394 e. The van der Waals surface area contributed by atoms with Gasteiger partial charge in [-0.1, -0.05) is 13.8 Å². The first-order valence-electron chi connectivity index (χ1n) is 5.65. The number of fused-ring (bicyclic) bond motifs is 1. The quantitative estimate of drug-likeness (QED) is 0.821. The summed E-state index contributed by atoms with van der Waals surface area (Å²) in [5, 5.41) is 13.4. The Balaban J connectivity index is 2.45. The molecule has 0 aliphatic heterocycles. The summed E-state index contributed by atoms with van der Waals surface area (Å²) in [5.41, 5.74) is 2.58.